The second kappa shape index (κ2) is 5.17. The van der Waals surface area contributed by atoms with Crippen LogP contribution in [-0.2, 0) is 21.4 Å². The van der Waals surface area contributed by atoms with E-state index in [0.717, 1.165) is 12.8 Å². The van der Waals surface area contributed by atoms with E-state index in [1.807, 2.05) is 6.92 Å². The van der Waals surface area contributed by atoms with Crippen LogP contribution in [0.25, 0.3) is 0 Å². The molecule has 112 valence electrons. The molecule has 1 aliphatic rings. The van der Waals surface area contributed by atoms with Gasteiger partial charge in [-0.25, -0.2) is 13.1 Å². The Hall–Kier alpha value is -1.41. The zero-order valence-electron chi connectivity index (χ0n) is 11.8. The Morgan fingerprint density at radius 2 is 2.10 bits per heavy atom. The number of hydrogen-bond donors (Lipinski definition) is 2. The second-order valence-corrected chi connectivity index (χ2v) is 6.95. The molecule has 1 fully saturated rings. The van der Waals surface area contributed by atoms with E-state index in [1.54, 1.807) is 13.8 Å². The first-order valence-electron chi connectivity index (χ1n) is 6.50. The average molecular weight is 301 g/mol. The molecule has 1 heterocycles. The van der Waals surface area contributed by atoms with Crippen LogP contribution in [-0.4, -0.2) is 35.3 Å². The Morgan fingerprint density at radius 1 is 1.50 bits per heavy atom. The van der Waals surface area contributed by atoms with Crippen molar-refractivity contribution in [2.75, 3.05) is 0 Å². The second-order valence-electron chi connectivity index (χ2n) is 5.30. The number of nitrogens with zero attached hydrogens (tertiary/aromatic N) is 2. The zero-order valence-corrected chi connectivity index (χ0v) is 12.6. The number of hydrogen-bond acceptors (Lipinski definition) is 4. The highest BCUT2D eigenvalue weighted by Crippen LogP contribution is 2.33. The van der Waals surface area contributed by atoms with Crippen LogP contribution in [0.5, 0.6) is 0 Å². The Morgan fingerprint density at radius 3 is 2.60 bits per heavy atom. The fourth-order valence-corrected chi connectivity index (χ4v) is 4.07. The van der Waals surface area contributed by atoms with E-state index in [2.05, 4.69) is 9.82 Å². The van der Waals surface area contributed by atoms with Crippen LogP contribution < -0.4 is 4.72 Å². The minimum atomic E-state index is -3.67. The lowest BCUT2D eigenvalue weighted by Crippen LogP contribution is -2.34. The summed E-state index contributed by atoms with van der Waals surface area (Å²) >= 11 is 0. The molecule has 0 radical (unpaired) electrons. The van der Waals surface area contributed by atoms with E-state index >= 15 is 0 Å². The van der Waals surface area contributed by atoms with Crippen molar-refractivity contribution >= 4 is 16.0 Å². The number of aromatic nitrogens is 2. The Labute approximate surface area is 118 Å². The molecule has 1 aromatic rings. The quantitative estimate of drug-likeness (QED) is 0.804. The van der Waals surface area contributed by atoms with E-state index < -0.39 is 16.0 Å². The van der Waals surface area contributed by atoms with E-state index in [-0.39, 0.29) is 17.5 Å². The van der Waals surface area contributed by atoms with Crippen molar-refractivity contribution in [1.82, 2.24) is 14.5 Å². The number of nitrogens with one attached hydrogen (secondary N) is 1. The minimum Gasteiger partial charge on any atom is -0.480 e. The van der Waals surface area contributed by atoms with Gasteiger partial charge in [-0.05, 0) is 39.5 Å². The SMILES string of the molecule is Cc1nn(CC(=O)O)c(C)c1S(=O)(=O)NC(C)C1CC1. The molecule has 1 unspecified atom stereocenters. The lowest BCUT2D eigenvalue weighted by atomic mass is 10.2. The number of carboxylic acid groups (broad SMARTS) is 1. The summed E-state index contributed by atoms with van der Waals surface area (Å²) in [5.74, 6) is -0.654. The normalized spacial score (nSPS) is 17.1. The first-order valence-corrected chi connectivity index (χ1v) is 7.99. The van der Waals surface area contributed by atoms with Gasteiger partial charge in [-0.1, -0.05) is 0 Å². The molecule has 1 atom stereocenters. The summed E-state index contributed by atoms with van der Waals surface area (Å²) < 4.78 is 28.7. The first kappa shape index (κ1) is 15.0. The van der Waals surface area contributed by atoms with Gasteiger partial charge in [0.25, 0.3) is 0 Å². The van der Waals surface area contributed by atoms with Crippen molar-refractivity contribution in [3.8, 4) is 0 Å². The molecule has 2 rings (SSSR count). The predicted octanol–water partition coefficient (Wildman–Crippen LogP) is 0.661. The first-order chi connectivity index (χ1) is 9.22. The smallest absolute Gasteiger partial charge is 0.325 e. The Balaban J connectivity index is 2.30. The van der Waals surface area contributed by atoms with Crippen LogP contribution in [0.2, 0.25) is 0 Å². The van der Waals surface area contributed by atoms with Gasteiger partial charge >= 0.3 is 5.97 Å². The molecule has 0 bridgehead atoms. The van der Waals surface area contributed by atoms with Gasteiger partial charge in [0, 0.05) is 6.04 Å². The number of aryl methyl sites for hydroxylation is 1. The molecule has 0 spiro atoms. The van der Waals surface area contributed by atoms with Crippen LogP contribution >= 0.6 is 0 Å². The topological polar surface area (TPSA) is 101 Å². The van der Waals surface area contributed by atoms with Crippen LogP contribution in [0.15, 0.2) is 4.90 Å². The third kappa shape index (κ3) is 3.01. The molecule has 1 aromatic heterocycles. The summed E-state index contributed by atoms with van der Waals surface area (Å²) in [5.41, 5.74) is 0.666. The molecule has 0 aliphatic heterocycles. The maximum absolute atomic E-state index is 12.4. The van der Waals surface area contributed by atoms with Crippen LogP contribution in [0, 0.1) is 19.8 Å². The van der Waals surface area contributed by atoms with Crippen molar-refractivity contribution < 1.29 is 18.3 Å². The summed E-state index contributed by atoms with van der Waals surface area (Å²) in [6, 6.07) is -0.110. The van der Waals surface area contributed by atoms with E-state index in [1.165, 1.54) is 4.68 Å². The summed E-state index contributed by atoms with van der Waals surface area (Å²) in [4.78, 5) is 10.8. The maximum Gasteiger partial charge on any atom is 0.325 e. The fourth-order valence-electron chi connectivity index (χ4n) is 2.35. The molecule has 0 aromatic carbocycles. The highest BCUT2D eigenvalue weighted by atomic mass is 32.2. The predicted molar refractivity (Wildman–Crippen MR) is 71.8 cm³/mol. The van der Waals surface area contributed by atoms with Gasteiger partial charge < -0.3 is 5.11 Å². The third-order valence-electron chi connectivity index (χ3n) is 3.54. The van der Waals surface area contributed by atoms with E-state index in [4.69, 9.17) is 5.11 Å². The van der Waals surface area contributed by atoms with Gasteiger partial charge in [0.15, 0.2) is 0 Å². The van der Waals surface area contributed by atoms with E-state index in [0.29, 0.717) is 17.3 Å². The van der Waals surface area contributed by atoms with Gasteiger partial charge in [0.2, 0.25) is 10.0 Å². The summed E-state index contributed by atoms with van der Waals surface area (Å²) in [6.45, 7) is 4.64. The van der Waals surface area contributed by atoms with Crippen molar-refractivity contribution in [3.05, 3.63) is 11.4 Å². The molecule has 8 heteroatoms. The summed E-state index contributed by atoms with van der Waals surface area (Å²) in [6.07, 6.45) is 2.08. The number of rotatable bonds is 6. The number of sulfonamides is 1. The minimum absolute atomic E-state index is 0.0891. The van der Waals surface area contributed by atoms with Gasteiger partial charge in [-0.15, -0.1) is 0 Å². The molecular weight excluding hydrogens is 282 g/mol. The number of carboxylic acids is 1. The fraction of sp³-hybridized carbons (Fsp3) is 0.667. The monoisotopic (exact) mass is 301 g/mol. The lowest BCUT2D eigenvalue weighted by molar-refractivity contribution is -0.137. The zero-order chi connectivity index (χ0) is 15.1. The summed E-state index contributed by atoms with van der Waals surface area (Å²) in [7, 11) is -3.67. The van der Waals surface area contributed by atoms with Crippen molar-refractivity contribution in [1.29, 1.82) is 0 Å². The molecule has 20 heavy (non-hydrogen) atoms. The number of carbonyl (C=O) groups is 1. The van der Waals surface area contributed by atoms with Crippen molar-refractivity contribution in [2.45, 2.75) is 51.1 Å². The van der Waals surface area contributed by atoms with Gasteiger partial charge in [-0.2, -0.15) is 5.10 Å². The third-order valence-corrected chi connectivity index (χ3v) is 5.35. The molecule has 1 aliphatic carbocycles. The summed E-state index contributed by atoms with van der Waals surface area (Å²) in [5, 5.41) is 12.8. The number of aliphatic carboxylic acids is 1. The molecule has 0 amide bonds. The molecule has 1 saturated carbocycles. The van der Waals surface area contributed by atoms with Crippen LogP contribution in [0.4, 0.5) is 0 Å². The largest absolute Gasteiger partial charge is 0.480 e. The van der Waals surface area contributed by atoms with Gasteiger partial charge in [-0.3, -0.25) is 9.48 Å². The Kier molecular flexibility index (Phi) is 3.88. The van der Waals surface area contributed by atoms with Crippen LogP contribution in [0.1, 0.15) is 31.2 Å². The van der Waals surface area contributed by atoms with Crippen molar-refractivity contribution in [2.24, 2.45) is 5.92 Å². The molecule has 2 N–H and O–H groups in total. The van der Waals surface area contributed by atoms with Crippen LogP contribution in [0.3, 0.4) is 0 Å². The lowest BCUT2D eigenvalue weighted by Gasteiger charge is -2.13. The average Bonchev–Trinajstić information content (AvgIpc) is 3.06. The van der Waals surface area contributed by atoms with E-state index in [9.17, 15) is 13.2 Å². The highest BCUT2D eigenvalue weighted by Gasteiger charge is 2.33. The molecule has 7 nitrogen and oxygen atoms in total. The standard InChI is InChI=1S/C12H19N3O4S/c1-7(10-4-5-10)14-20(18,19)12-8(2)13-15(9(12)3)6-11(16)17/h7,10,14H,4-6H2,1-3H3,(H,16,17). The molecular formula is C12H19N3O4S. The van der Waals surface area contributed by atoms with Crippen molar-refractivity contribution in [3.63, 3.8) is 0 Å². The maximum atomic E-state index is 12.4. The van der Waals surface area contributed by atoms with Gasteiger partial charge in [0.1, 0.15) is 11.4 Å². The highest BCUT2D eigenvalue weighted by molar-refractivity contribution is 7.89. The Bertz CT molecular complexity index is 631. The van der Waals surface area contributed by atoms with Gasteiger partial charge in [0.05, 0.1) is 11.4 Å². The molecule has 0 saturated heterocycles.